The molecule has 2 aromatic rings. The first-order valence-electron chi connectivity index (χ1n) is 11.0. The molecule has 0 aliphatic carbocycles. The van der Waals surface area contributed by atoms with Gasteiger partial charge in [0, 0.05) is 62.1 Å². The van der Waals surface area contributed by atoms with Crippen molar-refractivity contribution in [1.29, 1.82) is 0 Å². The number of amides is 3. The minimum Gasteiger partial charge on any atom is -0.357 e. The van der Waals surface area contributed by atoms with Crippen molar-refractivity contribution in [2.24, 2.45) is 5.92 Å². The van der Waals surface area contributed by atoms with Gasteiger partial charge in [-0.3, -0.25) is 4.79 Å². The molecule has 2 aliphatic rings. The zero-order valence-corrected chi connectivity index (χ0v) is 19.4. The molecule has 0 spiro atoms. The van der Waals surface area contributed by atoms with E-state index in [4.69, 9.17) is 23.2 Å². The highest BCUT2D eigenvalue weighted by Gasteiger charge is 2.30. The van der Waals surface area contributed by atoms with Crippen molar-refractivity contribution in [3.63, 3.8) is 0 Å². The number of urea groups is 1. The molecule has 2 saturated heterocycles. The van der Waals surface area contributed by atoms with Gasteiger partial charge in [-0.2, -0.15) is 0 Å². The summed E-state index contributed by atoms with van der Waals surface area (Å²) in [6, 6.07) is 10.7. The normalized spacial score (nSPS) is 17.8. The van der Waals surface area contributed by atoms with Gasteiger partial charge in [-0.1, -0.05) is 29.3 Å². The van der Waals surface area contributed by atoms with Crippen LogP contribution in [0.2, 0.25) is 10.0 Å². The summed E-state index contributed by atoms with van der Waals surface area (Å²) in [6.45, 7) is 3.97. The molecule has 9 heteroatoms. The summed E-state index contributed by atoms with van der Waals surface area (Å²) >= 11 is 11.9. The molecule has 3 heterocycles. The molecule has 2 aliphatic heterocycles. The van der Waals surface area contributed by atoms with Crippen LogP contribution >= 0.6 is 23.2 Å². The number of carbonyl (C=O) groups is 2. The molecule has 170 valence electrons. The number of nitrogens with zero attached hydrogens (tertiary/aromatic N) is 4. The van der Waals surface area contributed by atoms with Crippen molar-refractivity contribution in [3.8, 4) is 0 Å². The first-order chi connectivity index (χ1) is 15.5. The Morgan fingerprint density at radius 3 is 2.38 bits per heavy atom. The lowest BCUT2D eigenvalue weighted by molar-refractivity contribution is -0.136. The van der Waals surface area contributed by atoms with E-state index < -0.39 is 0 Å². The molecule has 1 aromatic heterocycles. The maximum atomic E-state index is 13.1. The van der Waals surface area contributed by atoms with E-state index in [1.54, 1.807) is 29.3 Å². The van der Waals surface area contributed by atoms with Gasteiger partial charge in [-0.15, -0.1) is 0 Å². The second-order valence-electron chi connectivity index (χ2n) is 8.20. The Morgan fingerprint density at radius 1 is 0.906 bits per heavy atom. The molecular formula is C23H27Cl2N5O2. The average Bonchev–Trinajstić information content (AvgIpc) is 3.06. The Morgan fingerprint density at radius 2 is 1.66 bits per heavy atom. The largest absolute Gasteiger partial charge is 0.357 e. The second kappa shape index (κ2) is 10.4. The van der Waals surface area contributed by atoms with Gasteiger partial charge in [-0.05, 0) is 49.6 Å². The van der Waals surface area contributed by atoms with Crippen LogP contribution in [0.1, 0.15) is 19.3 Å². The van der Waals surface area contributed by atoms with Gasteiger partial charge in [0.15, 0.2) is 0 Å². The number of piperidine rings is 1. The third-order valence-electron chi connectivity index (χ3n) is 6.05. The van der Waals surface area contributed by atoms with Crippen molar-refractivity contribution in [3.05, 3.63) is 52.6 Å². The lowest BCUT2D eigenvalue weighted by Gasteiger charge is -2.34. The lowest BCUT2D eigenvalue weighted by Crippen LogP contribution is -2.44. The van der Waals surface area contributed by atoms with Crippen LogP contribution in [-0.2, 0) is 4.79 Å². The number of halogens is 2. The van der Waals surface area contributed by atoms with Crippen LogP contribution in [0, 0.1) is 5.92 Å². The summed E-state index contributed by atoms with van der Waals surface area (Å²) in [4.78, 5) is 36.1. The number of nitrogens with one attached hydrogen (secondary N) is 1. The molecule has 0 saturated carbocycles. The van der Waals surface area contributed by atoms with Crippen molar-refractivity contribution in [2.45, 2.75) is 19.3 Å². The summed E-state index contributed by atoms with van der Waals surface area (Å²) < 4.78 is 0. The van der Waals surface area contributed by atoms with Crippen molar-refractivity contribution in [1.82, 2.24) is 14.8 Å². The molecule has 0 unspecified atom stereocenters. The first kappa shape index (κ1) is 22.7. The highest BCUT2D eigenvalue weighted by atomic mass is 35.5. The van der Waals surface area contributed by atoms with Gasteiger partial charge in [0.05, 0.1) is 5.02 Å². The summed E-state index contributed by atoms with van der Waals surface area (Å²) in [5, 5.41) is 4.09. The van der Waals surface area contributed by atoms with E-state index in [0.717, 1.165) is 38.2 Å². The van der Waals surface area contributed by atoms with Gasteiger partial charge in [0.1, 0.15) is 5.82 Å². The minimum absolute atomic E-state index is 0.0189. The van der Waals surface area contributed by atoms with Crippen LogP contribution < -0.4 is 10.2 Å². The van der Waals surface area contributed by atoms with E-state index in [-0.39, 0.29) is 17.9 Å². The van der Waals surface area contributed by atoms with E-state index >= 15 is 0 Å². The highest BCUT2D eigenvalue weighted by Crippen LogP contribution is 2.25. The highest BCUT2D eigenvalue weighted by molar-refractivity contribution is 6.31. The second-order valence-corrected chi connectivity index (χ2v) is 9.08. The number of carbonyl (C=O) groups excluding carboxylic acids is 2. The number of pyridine rings is 1. The van der Waals surface area contributed by atoms with Crippen molar-refractivity contribution in [2.75, 3.05) is 49.5 Å². The Balaban J connectivity index is 1.27. The van der Waals surface area contributed by atoms with Crippen LogP contribution in [-0.4, -0.2) is 66.0 Å². The maximum Gasteiger partial charge on any atom is 0.321 e. The zero-order chi connectivity index (χ0) is 22.5. The number of rotatable bonds is 3. The molecule has 3 amide bonds. The predicted octanol–water partition coefficient (Wildman–Crippen LogP) is 4.37. The third-order valence-corrected chi connectivity index (χ3v) is 6.51. The van der Waals surface area contributed by atoms with Crippen LogP contribution in [0.4, 0.5) is 16.3 Å². The van der Waals surface area contributed by atoms with E-state index in [9.17, 15) is 9.59 Å². The van der Waals surface area contributed by atoms with Gasteiger partial charge in [0.2, 0.25) is 5.91 Å². The van der Waals surface area contributed by atoms with Crippen LogP contribution in [0.3, 0.4) is 0 Å². The van der Waals surface area contributed by atoms with Gasteiger partial charge < -0.3 is 20.0 Å². The fourth-order valence-electron chi connectivity index (χ4n) is 4.28. The molecule has 4 rings (SSSR count). The molecule has 1 aromatic carbocycles. The standard InChI is InChI=1S/C23H27Cl2N5O2/c24-18-3-1-4-20(15-18)27-23(32)30-10-2-9-29(13-14-30)22(31)17-7-11-28(12-8-17)21-6-5-19(25)16-26-21/h1,3-6,15-17H,2,7-14H2,(H,27,32). The third kappa shape index (κ3) is 5.64. The monoisotopic (exact) mass is 475 g/mol. The first-order valence-corrected chi connectivity index (χ1v) is 11.7. The summed E-state index contributed by atoms with van der Waals surface area (Å²) in [7, 11) is 0. The summed E-state index contributed by atoms with van der Waals surface area (Å²) in [5.74, 6) is 1.12. The maximum absolute atomic E-state index is 13.1. The van der Waals surface area contributed by atoms with E-state index in [1.807, 2.05) is 23.1 Å². The minimum atomic E-state index is -0.162. The topological polar surface area (TPSA) is 68.8 Å². The number of benzene rings is 1. The average molecular weight is 476 g/mol. The molecular weight excluding hydrogens is 449 g/mol. The number of aromatic nitrogens is 1. The Bertz CT molecular complexity index is 948. The van der Waals surface area contributed by atoms with Crippen LogP contribution in [0.5, 0.6) is 0 Å². The van der Waals surface area contributed by atoms with E-state index in [2.05, 4.69) is 15.2 Å². The predicted molar refractivity (Wildman–Crippen MR) is 127 cm³/mol. The van der Waals surface area contributed by atoms with Gasteiger partial charge in [0.25, 0.3) is 0 Å². The molecule has 0 bridgehead atoms. The Kier molecular flexibility index (Phi) is 7.37. The zero-order valence-electron chi connectivity index (χ0n) is 17.8. The van der Waals surface area contributed by atoms with Gasteiger partial charge in [-0.25, -0.2) is 9.78 Å². The molecule has 0 radical (unpaired) electrons. The Hall–Kier alpha value is -2.51. The Labute approximate surface area is 198 Å². The van der Waals surface area contributed by atoms with E-state index in [1.165, 1.54) is 0 Å². The number of hydrogen-bond acceptors (Lipinski definition) is 4. The summed E-state index contributed by atoms with van der Waals surface area (Å²) in [6.07, 6.45) is 4.03. The number of anilines is 2. The fourth-order valence-corrected chi connectivity index (χ4v) is 4.58. The quantitative estimate of drug-likeness (QED) is 0.715. The smallest absolute Gasteiger partial charge is 0.321 e. The molecule has 7 nitrogen and oxygen atoms in total. The molecule has 32 heavy (non-hydrogen) atoms. The van der Waals surface area contributed by atoms with Gasteiger partial charge >= 0.3 is 6.03 Å². The number of hydrogen-bond donors (Lipinski definition) is 1. The molecule has 1 N–H and O–H groups in total. The van der Waals surface area contributed by atoms with Crippen LogP contribution in [0.15, 0.2) is 42.6 Å². The SMILES string of the molecule is O=C(Nc1cccc(Cl)c1)N1CCCN(C(=O)C2CCN(c3ccc(Cl)cn3)CC2)CC1. The van der Waals surface area contributed by atoms with Crippen molar-refractivity contribution >= 4 is 46.6 Å². The fraction of sp³-hybridized carbons (Fsp3) is 0.435. The van der Waals surface area contributed by atoms with Crippen LogP contribution in [0.25, 0.3) is 0 Å². The molecule has 2 fully saturated rings. The van der Waals surface area contributed by atoms with Crippen molar-refractivity contribution < 1.29 is 9.59 Å². The lowest BCUT2D eigenvalue weighted by atomic mass is 9.95. The van der Waals surface area contributed by atoms with E-state index in [0.29, 0.717) is 41.9 Å². The summed E-state index contributed by atoms with van der Waals surface area (Å²) in [5.41, 5.74) is 0.668. The molecule has 0 atom stereocenters.